The Kier molecular flexibility index (Phi) is 5.33. The monoisotopic (exact) mass is 524 g/mol. The molecular weight excluding hydrogens is 496 g/mol. The minimum absolute atomic E-state index is 0.880. The highest BCUT2D eigenvalue weighted by Gasteiger charge is 2.15. The van der Waals surface area contributed by atoms with Crippen LogP contribution in [0.5, 0.6) is 5.75 Å². The number of aryl methyl sites for hydroxylation is 1. The summed E-state index contributed by atoms with van der Waals surface area (Å²) < 4.78 is 5.45. The first-order chi connectivity index (χ1) is 20.2. The average molecular weight is 525 g/mol. The van der Waals surface area contributed by atoms with Crippen molar-refractivity contribution in [1.29, 1.82) is 0 Å². The van der Waals surface area contributed by atoms with E-state index in [0.717, 1.165) is 5.75 Å². The third-order valence-electron chi connectivity index (χ3n) is 8.55. The lowest BCUT2D eigenvalue weighted by atomic mass is 9.87. The Balaban J connectivity index is 1.42. The molecule has 0 fully saturated rings. The number of rotatable bonds is 3. The standard InChI is InChI=1S/C40H28O/c1-25-11-12-27-20-30(15-13-26(27)19-25)37-23-39-36-10-6-4-8-34(36)38(24-40(39)35-9-5-3-7-33(35)37)31-16-14-29-22-32(41-2)18-17-28(29)21-31/h3-24H,1-2H3. The van der Waals surface area contributed by atoms with E-state index in [2.05, 4.69) is 134 Å². The van der Waals surface area contributed by atoms with Gasteiger partial charge in [-0.25, -0.2) is 0 Å². The second kappa shape index (κ2) is 9.21. The van der Waals surface area contributed by atoms with Crippen LogP contribution in [0.15, 0.2) is 133 Å². The van der Waals surface area contributed by atoms with Crippen LogP contribution in [0.25, 0.3) is 76.1 Å². The van der Waals surface area contributed by atoms with Gasteiger partial charge in [0.1, 0.15) is 5.75 Å². The molecule has 194 valence electrons. The van der Waals surface area contributed by atoms with Gasteiger partial charge in [-0.2, -0.15) is 0 Å². The summed E-state index contributed by atoms with van der Waals surface area (Å²) in [6.45, 7) is 2.15. The fourth-order valence-electron chi connectivity index (χ4n) is 6.48. The molecule has 0 aliphatic carbocycles. The molecule has 41 heavy (non-hydrogen) atoms. The van der Waals surface area contributed by atoms with E-state index >= 15 is 0 Å². The lowest BCUT2D eigenvalue weighted by Gasteiger charge is -2.16. The third-order valence-corrected chi connectivity index (χ3v) is 8.55. The van der Waals surface area contributed by atoms with E-state index in [0.29, 0.717) is 0 Å². The number of hydrogen-bond donors (Lipinski definition) is 0. The van der Waals surface area contributed by atoms with Gasteiger partial charge in [-0.15, -0.1) is 0 Å². The Hall–Kier alpha value is -5.14. The molecule has 0 atom stereocenters. The number of benzene rings is 8. The molecule has 8 aromatic rings. The topological polar surface area (TPSA) is 9.23 Å². The Morgan fingerprint density at radius 2 is 0.854 bits per heavy atom. The second-order valence-corrected chi connectivity index (χ2v) is 11.0. The first-order valence-electron chi connectivity index (χ1n) is 14.1. The highest BCUT2D eigenvalue weighted by molar-refractivity contribution is 6.24. The number of methoxy groups -OCH3 is 1. The Bertz CT molecular complexity index is 2310. The molecule has 0 aliphatic heterocycles. The highest BCUT2D eigenvalue weighted by atomic mass is 16.5. The Morgan fingerprint density at radius 3 is 1.41 bits per heavy atom. The average Bonchev–Trinajstić information content (AvgIpc) is 3.03. The normalized spacial score (nSPS) is 11.7. The van der Waals surface area contributed by atoms with Crippen LogP contribution >= 0.6 is 0 Å². The largest absolute Gasteiger partial charge is 0.497 e. The molecule has 0 heterocycles. The van der Waals surface area contributed by atoms with Gasteiger partial charge in [0.25, 0.3) is 0 Å². The first kappa shape index (κ1) is 23.7. The third kappa shape index (κ3) is 3.85. The van der Waals surface area contributed by atoms with Crippen molar-refractivity contribution in [1.82, 2.24) is 0 Å². The minimum Gasteiger partial charge on any atom is -0.497 e. The Morgan fingerprint density at radius 1 is 0.390 bits per heavy atom. The summed E-state index contributed by atoms with van der Waals surface area (Å²) in [6.07, 6.45) is 0. The zero-order chi connectivity index (χ0) is 27.5. The maximum Gasteiger partial charge on any atom is 0.119 e. The molecule has 0 bridgehead atoms. The maximum absolute atomic E-state index is 5.45. The molecule has 0 aromatic heterocycles. The fourth-order valence-corrected chi connectivity index (χ4v) is 6.48. The summed E-state index contributed by atoms with van der Waals surface area (Å²) in [5.74, 6) is 0.880. The highest BCUT2D eigenvalue weighted by Crippen LogP contribution is 2.42. The zero-order valence-corrected chi connectivity index (χ0v) is 23.1. The van der Waals surface area contributed by atoms with Gasteiger partial charge in [-0.05, 0) is 119 Å². The molecule has 0 unspecified atom stereocenters. The summed E-state index contributed by atoms with van der Waals surface area (Å²) >= 11 is 0. The first-order valence-corrected chi connectivity index (χ1v) is 14.1. The van der Waals surface area contributed by atoms with Gasteiger partial charge in [0, 0.05) is 0 Å². The van der Waals surface area contributed by atoms with Gasteiger partial charge >= 0.3 is 0 Å². The van der Waals surface area contributed by atoms with Crippen LogP contribution < -0.4 is 4.74 Å². The van der Waals surface area contributed by atoms with Crippen molar-refractivity contribution in [3.63, 3.8) is 0 Å². The van der Waals surface area contributed by atoms with E-state index in [1.54, 1.807) is 7.11 Å². The summed E-state index contributed by atoms with van der Waals surface area (Å²) in [4.78, 5) is 0. The van der Waals surface area contributed by atoms with Crippen LogP contribution in [0.2, 0.25) is 0 Å². The van der Waals surface area contributed by atoms with Gasteiger partial charge < -0.3 is 4.74 Å². The van der Waals surface area contributed by atoms with E-state index in [9.17, 15) is 0 Å². The maximum atomic E-state index is 5.45. The molecule has 0 amide bonds. The van der Waals surface area contributed by atoms with Gasteiger partial charge in [0.15, 0.2) is 0 Å². The van der Waals surface area contributed by atoms with E-state index in [4.69, 9.17) is 4.74 Å². The minimum atomic E-state index is 0.880. The van der Waals surface area contributed by atoms with Crippen molar-refractivity contribution in [3.05, 3.63) is 139 Å². The van der Waals surface area contributed by atoms with Gasteiger partial charge in [0.2, 0.25) is 0 Å². The van der Waals surface area contributed by atoms with Crippen LogP contribution in [0.4, 0.5) is 0 Å². The van der Waals surface area contributed by atoms with Crippen LogP contribution in [0.1, 0.15) is 5.56 Å². The van der Waals surface area contributed by atoms with Gasteiger partial charge in [0.05, 0.1) is 7.11 Å². The van der Waals surface area contributed by atoms with Gasteiger partial charge in [-0.3, -0.25) is 0 Å². The lowest BCUT2D eigenvalue weighted by Crippen LogP contribution is -1.89. The SMILES string of the molecule is COc1ccc2cc(-c3cc4c5ccccc5c(-c5ccc6cc(C)ccc6c5)cc4c4ccccc34)ccc2c1. The molecular formula is C40H28O. The summed E-state index contributed by atoms with van der Waals surface area (Å²) in [5, 5.41) is 12.6. The zero-order valence-electron chi connectivity index (χ0n) is 23.1. The van der Waals surface area contributed by atoms with Crippen molar-refractivity contribution >= 4 is 53.9 Å². The molecule has 8 rings (SSSR count). The van der Waals surface area contributed by atoms with Gasteiger partial charge in [-0.1, -0.05) is 103 Å². The van der Waals surface area contributed by atoms with Crippen LogP contribution in [0, 0.1) is 6.92 Å². The molecule has 0 saturated carbocycles. The smallest absolute Gasteiger partial charge is 0.119 e. The fraction of sp³-hybridized carbons (Fsp3) is 0.0500. The lowest BCUT2D eigenvalue weighted by molar-refractivity contribution is 0.415. The molecule has 1 heteroatoms. The number of ether oxygens (including phenoxy) is 1. The second-order valence-electron chi connectivity index (χ2n) is 11.0. The van der Waals surface area contributed by atoms with E-state index in [1.807, 2.05) is 6.07 Å². The molecule has 0 N–H and O–H groups in total. The molecule has 0 radical (unpaired) electrons. The molecule has 0 saturated heterocycles. The quantitative estimate of drug-likeness (QED) is 0.209. The van der Waals surface area contributed by atoms with Crippen molar-refractivity contribution < 1.29 is 4.74 Å². The van der Waals surface area contributed by atoms with Crippen molar-refractivity contribution in [2.45, 2.75) is 6.92 Å². The van der Waals surface area contributed by atoms with Crippen LogP contribution in [-0.2, 0) is 0 Å². The number of hydrogen-bond acceptors (Lipinski definition) is 1. The van der Waals surface area contributed by atoms with Crippen LogP contribution in [-0.4, -0.2) is 7.11 Å². The predicted octanol–water partition coefficient (Wildman–Crippen LogP) is 11.1. The van der Waals surface area contributed by atoms with Crippen molar-refractivity contribution in [2.75, 3.05) is 7.11 Å². The van der Waals surface area contributed by atoms with E-state index < -0.39 is 0 Å². The van der Waals surface area contributed by atoms with E-state index in [1.165, 1.54) is 81.7 Å². The molecule has 0 aliphatic rings. The van der Waals surface area contributed by atoms with Crippen molar-refractivity contribution in [3.8, 4) is 28.0 Å². The van der Waals surface area contributed by atoms with E-state index in [-0.39, 0.29) is 0 Å². The summed E-state index contributed by atoms with van der Waals surface area (Å²) in [5.41, 5.74) is 6.28. The number of fused-ring (bicyclic) bond motifs is 7. The molecule has 0 spiro atoms. The molecule has 1 nitrogen and oxygen atoms in total. The predicted molar refractivity (Wildman–Crippen MR) is 176 cm³/mol. The van der Waals surface area contributed by atoms with Crippen LogP contribution in [0.3, 0.4) is 0 Å². The summed E-state index contributed by atoms with van der Waals surface area (Å²) in [6, 6.07) is 49.1. The summed E-state index contributed by atoms with van der Waals surface area (Å²) in [7, 11) is 1.72. The molecule has 8 aromatic carbocycles. The Labute approximate surface area is 239 Å². The van der Waals surface area contributed by atoms with Crippen molar-refractivity contribution in [2.24, 2.45) is 0 Å².